The van der Waals surface area contributed by atoms with Crippen molar-refractivity contribution in [1.29, 1.82) is 5.26 Å². The highest BCUT2D eigenvalue weighted by Gasteiger charge is 2.44. The summed E-state index contributed by atoms with van der Waals surface area (Å²) in [7, 11) is 0. The van der Waals surface area contributed by atoms with Gasteiger partial charge in [-0.05, 0) is 42.8 Å². The first-order valence-electron chi connectivity index (χ1n) is 9.24. The molecule has 1 saturated heterocycles. The number of aliphatic imine (C=N–C) groups is 1. The van der Waals surface area contributed by atoms with Crippen LogP contribution in [0.15, 0.2) is 53.8 Å². The van der Waals surface area contributed by atoms with E-state index in [2.05, 4.69) is 25.9 Å². The maximum absolute atomic E-state index is 12.8. The lowest BCUT2D eigenvalue weighted by molar-refractivity contribution is -0.0307. The molecule has 2 unspecified atom stereocenters. The molecule has 2 heterocycles. The van der Waals surface area contributed by atoms with E-state index in [1.54, 1.807) is 48.8 Å². The minimum absolute atomic E-state index is 0.0910. The van der Waals surface area contributed by atoms with Crippen molar-refractivity contribution >= 4 is 29.2 Å². The molecule has 9 nitrogen and oxygen atoms in total. The van der Waals surface area contributed by atoms with Crippen molar-refractivity contribution in [3.8, 4) is 6.19 Å². The molecule has 1 aliphatic heterocycles. The molecule has 2 aromatic rings. The fourth-order valence-electron chi connectivity index (χ4n) is 2.91. The summed E-state index contributed by atoms with van der Waals surface area (Å²) in [6.07, 6.45) is 4.74. The molecule has 0 bridgehead atoms. The Bertz CT molecular complexity index is 924. The fraction of sp³-hybridized carbons (Fsp3) is 0.300. The van der Waals surface area contributed by atoms with Crippen LogP contribution in [-0.4, -0.2) is 42.0 Å². The third kappa shape index (κ3) is 5.24. The van der Waals surface area contributed by atoms with Crippen LogP contribution in [0.4, 0.5) is 5.69 Å². The Kier molecular flexibility index (Phi) is 7.19. The van der Waals surface area contributed by atoms with Gasteiger partial charge >= 0.3 is 0 Å². The van der Waals surface area contributed by atoms with Crippen LogP contribution < -0.4 is 16.0 Å². The predicted molar refractivity (Wildman–Crippen MR) is 112 cm³/mol. The fourth-order valence-corrected chi connectivity index (χ4v) is 3.04. The van der Waals surface area contributed by atoms with Crippen molar-refractivity contribution in [3.05, 3.63) is 59.4 Å². The van der Waals surface area contributed by atoms with Gasteiger partial charge in [0.05, 0.1) is 18.5 Å². The molecule has 1 aliphatic rings. The zero-order valence-electron chi connectivity index (χ0n) is 16.3. The Morgan fingerprint density at radius 2 is 2.20 bits per heavy atom. The lowest BCUT2D eigenvalue weighted by Crippen LogP contribution is -2.54. The molecular weight excluding hydrogens is 408 g/mol. The van der Waals surface area contributed by atoms with Gasteiger partial charge in [0.15, 0.2) is 12.4 Å². The van der Waals surface area contributed by atoms with Gasteiger partial charge in [0.25, 0.3) is 5.91 Å². The molecular formula is C20H21ClN6O3. The summed E-state index contributed by atoms with van der Waals surface area (Å²) in [6, 6.07) is 10.0. The summed E-state index contributed by atoms with van der Waals surface area (Å²) in [5.74, 6) is -0.225. The van der Waals surface area contributed by atoms with E-state index in [9.17, 15) is 4.79 Å². The van der Waals surface area contributed by atoms with Gasteiger partial charge in [0, 0.05) is 16.8 Å². The molecule has 1 amide bonds. The number of hydrogen-bond acceptors (Lipinski definition) is 6. The smallest absolute Gasteiger partial charge is 0.253 e. The molecule has 156 valence electrons. The summed E-state index contributed by atoms with van der Waals surface area (Å²) < 4.78 is 11.2. The molecule has 0 aliphatic carbocycles. The van der Waals surface area contributed by atoms with Gasteiger partial charge in [-0.2, -0.15) is 5.26 Å². The number of pyridine rings is 1. The number of carbonyl (C=O) groups excluding carboxylic acids is 1. The maximum Gasteiger partial charge on any atom is 0.253 e. The van der Waals surface area contributed by atoms with Crippen molar-refractivity contribution < 1.29 is 14.3 Å². The molecule has 0 saturated carbocycles. The van der Waals surface area contributed by atoms with Gasteiger partial charge in [0.2, 0.25) is 5.96 Å². The van der Waals surface area contributed by atoms with E-state index in [0.717, 1.165) is 0 Å². The molecule has 1 fully saturated rings. The van der Waals surface area contributed by atoms with Crippen LogP contribution in [0.2, 0.25) is 5.02 Å². The first-order valence-corrected chi connectivity index (χ1v) is 9.62. The largest absolute Gasteiger partial charge is 0.352 e. The van der Waals surface area contributed by atoms with Crippen LogP contribution in [0.1, 0.15) is 23.7 Å². The van der Waals surface area contributed by atoms with Crippen molar-refractivity contribution in [3.63, 3.8) is 0 Å². The SMILES string of the molecule is CCC1(C(/N=C(\NC#N)Nc2cccnc2)NC(=O)c2ccc(Cl)cc2)COCO1. The van der Waals surface area contributed by atoms with Gasteiger partial charge in [-0.3, -0.25) is 15.1 Å². The Morgan fingerprint density at radius 3 is 2.80 bits per heavy atom. The normalized spacial score (nSPS) is 19.6. The summed E-state index contributed by atoms with van der Waals surface area (Å²) in [5.41, 5.74) is 0.150. The van der Waals surface area contributed by atoms with Crippen molar-refractivity contribution in [1.82, 2.24) is 15.6 Å². The van der Waals surface area contributed by atoms with Gasteiger partial charge < -0.3 is 20.1 Å². The zero-order valence-corrected chi connectivity index (χ0v) is 17.0. The van der Waals surface area contributed by atoms with Crippen molar-refractivity contribution in [2.75, 3.05) is 18.7 Å². The lowest BCUT2D eigenvalue weighted by Gasteiger charge is -2.32. The summed E-state index contributed by atoms with van der Waals surface area (Å²) in [5, 5.41) is 18.0. The molecule has 10 heteroatoms. The third-order valence-corrected chi connectivity index (χ3v) is 4.86. The van der Waals surface area contributed by atoms with Crippen LogP contribution in [0.3, 0.4) is 0 Å². The lowest BCUT2D eigenvalue weighted by atomic mass is 9.97. The Labute approximate surface area is 179 Å². The number of nitriles is 1. The average Bonchev–Trinajstić information content (AvgIpc) is 3.25. The number of ether oxygens (including phenoxy) is 2. The number of rotatable bonds is 6. The Morgan fingerprint density at radius 1 is 1.40 bits per heavy atom. The van der Waals surface area contributed by atoms with Gasteiger partial charge in [-0.25, -0.2) is 4.99 Å². The van der Waals surface area contributed by atoms with Crippen LogP contribution in [0, 0.1) is 11.5 Å². The molecule has 0 spiro atoms. The van der Waals surface area contributed by atoms with E-state index in [1.165, 1.54) is 0 Å². The Hall–Kier alpha value is -3.19. The van der Waals surface area contributed by atoms with Crippen LogP contribution >= 0.6 is 11.6 Å². The monoisotopic (exact) mass is 428 g/mol. The van der Waals surface area contributed by atoms with Gasteiger partial charge in [0.1, 0.15) is 12.4 Å². The number of halogens is 1. The molecule has 1 aromatic carbocycles. The quantitative estimate of drug-likeness (QED) is 0.279. The highest BCUT2D eigenvalue weighted by atomic mass is 35.5. The topological polar surface area (TPSA) is 121 Å². The predicted octanol–water partition coefficient (Wildman–Crippen LogP) is 2.48. The van der Waals surface area contributed by atoms with Gasteiger partial charge in [-0.1, -0.05) is 18.5 Å². The van der Waals surface area contributed by atoms with Crippen molar-refractivity contribution in [2.45, 2.75) is 25.1 Å². The maximum atomic E-state index is 12.8. The third-order valence-electron chi connectivity index (χ3n) is 4.60. The van der Waals surface area contributed by atoms with E-state index in [1.807, 2.05) is 13.1 Å². The van der Waals surface area contributed by atoms with Crippen LogP contribution in [-0.2, 0) is 9.47 Å². The number of carbonyl (C=O) groups is 1. The number of guanidine groups is 1. The Balaban J connectivity index is 1.91. The molecule has 3 rings (SSSR count). The van der Waals surface area contributed by atoms with Crippen molar-refractivity contribution in [2.24, 2.45) is 4.99 Å². The van der Waals surface area contributed by atoms with E-state index in [-0.39, 0.29) is 25.3 Å². The first kappa shape index (κ1) is 21.5. The van der Waals surface area contributed by atoms with E-state index < -0.39 is 11.8 Å². The standard InChI is InChI=1S/C20H21ClN6O3/c1-2-20(11-29-13-30-20)18(26-17(28)14-5-7-15(21)8-6-14)27-19(24-12-22)25-16-4-3-9-23-10-16/h3-10,18H,2,11,13H2,1H3,(H,26,28)(H2,24,25,27). The summed E-state index contributed by atoms with van der Waals surface area (Å²) in [6.45, 7) is 2.25. The van der Waals surface area contributed by atoms with E-state index in [0.29, 0.717) is 22.7 Å². The number of nitrogens with zero attached hydrogens (tertiary/aromatic N) is 3. The van der Waals surface area contributed by atoms with Crippen LogP contribution in [0.5, 0.6) is 0 Å². The highest BCUT2D eigenvalue weighted by Crippen LogP contribution is 2.28. The second-order valence-corrected chi connectivity index (χ2v) is 6.93. The summed E-state index contributed by atoms with van der Waals surface area (Å²) in [4.78, 5) is 21.4. The number of nitrogens with one attached hydrogen (secondary N) is 3. The average molecular weight is 429 g/mol. The number of benzene rings is 1. The van der Waals surface area contributed by atoms with E-state index in [4.69, 9.17) is 26.3 Å². The molecule has 1 aromatic heterocycles. The summed E-state index contributed by atoms with van der Waals surface area (Å²) >= 11 is 5.91. The molecule has 2 atom stereocenters. The second-order valence-electron chi connectivity index (χ2n) is 6.49. The minimum Gasteiger partial charge on any atom is -0.352 e. The molecule has 30 heavy (non-hydrogen) atoms. The second kappa shape index (κ2) is 10.0. The molecule has 0 radical (unpaired) electrons. The van der Waals surface area contributed by atoms with E-state index >= 15 is 0 Å². The number of aromatic nitrogens is 1. The number of amides is 1. The zero-order chi connectivity index (χ0) is 21.4. The number of hydrogen-bond donors (Lipinski definition) is 3. The minimum atomic E-state index is -0.888. The molecule has 3 N–H and O–H groups in total. The van der Waals surface area contributed by atoms with Crippen LogP contribution in [0.25, 0.3) is 0 Å². The number of anilines is 1. The van der Waals surface area contributed by atoms with Gasteiger partial charge in [-0.15, -0.1) is 0 Å². The highest BCUT2D eigenvalue weighted by molar-refractivity contribution is 6.30. The first-order chi connectivity index (χ1) is 14.6.